The van der Waals surface area contributed by atoms with Crippen molar-refractivity contribution in [2.75, 3.05) is 7.05 Å². The Morgan fingerprint density at radius 3 is 2.95 bits per heavy atom. The Hall–Kier alpha value is -2.27. The first kappa shape index (κ1) is 11.8. The van der Waals surface area contributed by atoms with Crippen molar-refractivity contribution in [2.24, 2.45) is 0 Å². The molecular formula is C14H11N3OS. The summed E-state index contributed by atoms with van der Waals surface area (Å²) in [4.78, 5) is 17.6. The molecule has 1 aromatic carbocycles. The molecular weight excluding hydrogens is 258 g/mol. The second kappa shape index (κ2) is 4.44. The Labute approximate surface area is 115 Å². The molecule has 19 heavy (non-hydrogen) atoms. The first-order valence-corrected chi connectivity index (χ1v) is 6.21. The highest BCUT2D eigenvalue weighted by atomic mass is 32.1. The van der Waals surface area contributed by atoms with E-state index in [1.165, 1.54) is 4.90 Å². The molecule has 1 aromatic heterocycles. The summed E-state index contributed by atoms with van der Waals surface area (Å²) in [6.45, 7) is 0. The lowest BCUT2D eigenvalue weighted by molar-refractivity contribution is -0.121. The lowest BCUT2D eigenvalue weighted by Crippen LogP contribution is -2.25. The predicted octanol–water partition coefficient (Wildman–Crippen LogP) is 1.92. The molecule has 1 aliphatic rings. The molecule has 1 N–H and O–H groups in total. The zero-order valence-electron chi connectivity index (χ0n) is 10.3. The number of nitrogens with one attached hydrogen (secondary N) is 1. The number of pyridine rings is 1. The van der Waals surface area contributed by atoms with E-state index in [-0.39, 0.29) is 5.91 Å². The number of carbonyl (C=O) groups is 1. The Bertz CT molecular complexity index is 723. The van der Waals surface area contributed by atoms with Crippen LogP contribution in [0, 0.1) is 0 Å². The predicted molar refractivity (Wildman–Crippen MR) is 78.2 cm³/mol. The molecule has 5 heteroatoms. The van der Waals surface area contributed by atoms with E-state index in [0.29, 0.717) is 10.8 Å². The third-order valence-corrected chi connectivity index (χ3v) is 3.40. The highest BCUT2D eigenvalue weighted by Gasteiger charge is 2.26. The number of fused-ring (bicyclic) bond motifs is 1. The molecule has 94 valence electrons. The van der Waals surface area contributed by atoms with Gasteiger partial charge < -0.3 is 5.32 Å². The number of hydrogen-bond donors (Lipinski definition) is 1. The number of thiocarbonyl (C=S) groups is 1. The van der Waals surface area contributed by atoms with Gasteiger partial charge >= 0.3 is 0 Å². The summed E-state index contributed by atoms with van der Waals surface area (Å²) >= 11 is 5.03. The lowest BCUT2D eigenvalue weighted by Gasteiger charge is -2.02. The minimum Gasteiger partial charge on any atom is -0.328 e. The Balaban J connectivity index is 2.02. The minimum absolute atomic E-state index is 0.115. The summed E-state index contributed by atoms with van der Waals surface area (Å²) in [5.41, 5.74) is 2.37. The summed E-state index contributed by atoms with van der Waals surface area (Å²) in [6, 6.07) is 9.74. The molecule has 2 heterocycles. The lowest BCUT2D eigenvalue weighted by atomic mass is 10.1. The number of amides is 1. The largest absolute Gasteiger partial charge is 0.328 e. The summed E-state index contributed by atoms with van der Waals surface area (Å²) in [5, 5.41) is 4.37. The van der Waals surface area contributed by atoms with Gasteiger partial charge in [-0.05, 0) is 42.1 Å². The van der Waals surface area contributed by atoms with E-state index in [1.54, 1.807) is 19.3 Å². The number of carbonyl (C=O) groups excluding carboxylic acids is 1. The van der Waals surface area contributed by atoms with Crippen molar-refractivity contribution in [2.45, 2.75) is 0 Å². The number of likely N-dealkylation sites (N-methyl/N-ethyl adjacent to an activating group) is 1. The van der Waals surface area contributed by atoms with Gasteiger partial charge in [-0.15, -0.1) is 0 Å². The minimum atomic E-state index is -0.115. The van der Waals surface area contributed by atoms with Gasteiger partial charge in [0.05, 0.1) is 5.52 Å². The highest BCUT2D eigenvalue weighted by molar-refractivity contribution is 7.80. The molecule has 0 aliphatic carbocycles. The van der Waals surface area contributed by atoms with Crippen molar-refractivity contribution in [1.29, 1.82) is 0 Å². The Morgan fingerprint density at radius 1 is 1.37 bits per heavy atom. The molecule has 0 atom stereocenters. The molecule has 0 spiro atoms. The van der Waals surface area contributed by atoms with Crippen molar-refractivity contribution < 1.29 is 4.79 Å². The van der Waals surface area contributed by atoms with E-state index < -0.39 is 0 Å². The van der Waals surface area contributed by atoms with Crippen LogP contribution in [0.5, 0.6) is 0 Å². The zero-order chi connectivity index (χ0) is 13.4. The van der Waals surface area contributed by atoms with Crippen molar-refractivity contribution in [1.82, 2.24) is 15.2 Å². The van der Waals surface area contributed by atoms with Crippen molar-refractivity contribution >= 4 is 40.2 Å². The first-order valence-electron chi connectivity index (χ1n) is 5.81. The summed E-state index contributed by atoms with van der Waals surface area (Å²) in [6.07, 6.45) is 3.56. The molecule has 2 aromatic rings. The van der Waals surface area contributed by atoms with Crippen molar-refractivity contribution in [3.8, 4) is 0 Å². The molecule has 1 saturated heterocycles. The van der Waals surface area contributed by atoms with Gasteiger partial charge in [-0.25, -0.2) is 0 Å². The van der Waals surface area contributed by atoms with Crippen molar-refractivity contribution in [3.05, 3.63) is 47.8 Å². The smallest absolute Gasteiger partial charge is 0.276 e. The fourth-order valence-corrected chi connectivity index (χ4v) is 2.17. The summed E-state index contributed by atoms with van der Waals surface area (Å²) in [5.74, 6) is -0.115. The van der Waals surface area contributed by atoms with Gasteiger partial charge in [-0.3, -0.25) is 14.7 Å². The average Bonchev–Trinajstić information content (AvgIpc) is 2.66. The van der Waals surface area contributed by atoms with Gasteiger partial charge in [0.25, 0.3) is 5.91 Å². The fourth-order valence-electron chi connectivity index (χ4n) is 1.97. The van der Waals surface area contributed by atoms with Gasteiger partial charge in [0.1, 0.15) is 5.70 Å². The van der Waals surface area contributed by atoms with Crippen LogP contribution >= 0.6 is 12.2 Å². The molecule has 1 fully saturated rings. The van der Waals surface area contributed by atoms with Crippen molar-refractivity contribution in [3.63, 3.8) is 0 Å². The zero-order valence-corrected chi connectivity index (χ0v) is 11.1. The number of rotatable bonds is 1. The van der Waals surface area contributed by atoms with E-state index in [9.17, 15) is 4.79 Å². The van der Waals surface area contributed by atoms with Gasteiger partial charge in [0.15, 0.2) is 5.11 Å². The maximum absolute atomic E-state index is 11.9. The van der Waals surface area contributed by atoms with E-state index in [1.807, 2.05) is 30.3 Å². The third kappa shape index (κ3) is 2.08. The van der Waals surface area contributed by atoms with E-state index in [2.05, 4.69) is 10.3 Å². The molecule has 4 nitrogen and oxygen atoms in total. The van der Waals surface area contributed by atoms with Crippen LogP contribution < -0.4 is 5.32 Å². The van der Waals surface area contributed by atoms with Gasteiger partial charge in [-0.2, -0.15) is 0 Å². The number of benzene rings is 1. The molecule has 0 saturated carbocycles. The Morgan fingerprint density at radius 2 is 2.21 bits per heavy atom. The van der Waals surface area contributed by atoms with Crippen LogP contribution in [0.4, 0.5) is 0 Å². The normalized spacial score (nSPS) is 17.3. The van der Waals surface area contributed by atoms with Gasteiger partial charge in [-0.1, -0.05) is 12.1 Å². The monoisotopic (exact) mass is 269 g/mol. The van der Waals surface area contributed by atoms with Crippen LogP contribution in [0.3, 0.4) is 0 Å². The molecule has 0 radical (unpaired) electrons. The van der Waals surface area contributed by atoms with E-state index >= 15 is 0 Å². The number of aromatic nitrogens is 1. The van der Waals surface area contributed by atoms with Crippen LogP contribution in [-0.4, -0.2) is 28.0 Å². The number of hydrogen-bond acceptors (Lipinski definition) is 3. The maximum atomic E-state index is 11.9. The second-order valence-corrected chi connectivity index (χ2v) is 4.69. The molecule has 1 amide bonds. The van der Waals surface area contributed by atoms with Gasteiger partial charge in [0.2, 0.25) is 0 Å². The third-order valence-electron chi connectivity index (χ3n) is 3.02. The second-order valence-electron chi connectivity index (χ2n) is 4.31. The molecule has 0 unspecified atom stereocenters. The first-order chi connectivity index (χ1) is 9.15. The maximum Gasteiger partial charge on any atom is 0.276 e. The molecule has 0 bridgehead atoms. The van der Waals surface area contributed by atoms with E-state index in [4.69, 9.17) is 12.2 Å². The number of nitrogens with zero attached hydrogens (tertiary/aromatic N) is 2. The fraction of sp³-hybridized carbons (Fsp3) is 0.0714. The van der Waals surface area contributed by atoms with Crippen LogP contribution in [0.25, 0.3) is 17.0 Å². The topological polar surface area (TPSA) is 45.2 Å². The Kier molecular flexibility index (Phi) is 2.76. The van der Waals surface area contributed by atoms with Crippen LogP contribution in [0.15, 0.2) is 42.2 Å². The molecule has 3 rings (SSSR count). The molecule has 1 aliphatic heterocycles. The highest BCUT2D eigenvalue weighted by Crippen LogP contribution is 2.17. The summed E-state index contributed by atoms with van der Waals surface area (Å²) in [7, 11) is 1.66. The summed E-state index contributed by atoms with van der Waals surface area (Å²) < 4.78 is 0. The van der Waals surface area contributed by atoms with Crippen LogP contribution in [-0.2, 0) is 4.79 Å². The van der Waals surface area contributed by atoms with Crippen LogP contribution in [0.2, 0.25) is 0 Å². The van der Waals surface area contributed by atoms with Gasteiger partial charge in [0, 0.05) is 18.6 Å². The standard InChI is InChI=1S/C14H11N3OS/c1-17-13(18)12(16-14(17)19)8-9-4-5-11-10(7-9)3-2-6-15-11/h2-8H,1H3,(H,16,19)/b12-8-. The quantitative estimate of drug-likeness (QED) is 0.634. The SMILES string of the molecule is CN1C(=O)/C(=C/c2ccc3ncccc3c2)NC1=S. The average molecular weight is 269 g/mol. The van der Waals surface area contributed by atoms with E-state index in [0.717, 1.165) is 16.5 Å². The van der Waals surface area contributed by atoms with Crippen LogP contribution in [0.1, 0.15) is 5.56 Å².